The number of carboxylic acids is 2. The Balaban J connectivity index is 2.65. The third-order valence-corrected chi connectivity index (χ3v) is 4.59. The van der Waals surface area contributed by atoms with E-state index in [-0.39, 0.29) is 23.7 Å². The fourth-order valence-corrected chi connectivity index (χ4v) is 2.82. The second kappa shape index (κ2) is 13.1. The summed E-state index contributed by atoms with van der Waals surface area (Å²) in [6, 6.07) is 6.65. The molecule has 6 N–H and O–H groups in total. The molecular formula is C19H23N3O7S. The average molecular weight is 437 g/mol. The topological polar surface area (TPSA) is 176 Å². The lowest BCUT2D eigenvalue weighted by Crippen LogP contribution is -2.49. The SMILES string of the molecule is N[C@@H](CCC(=O)N[C@@H](CSC(=O)C=Cc1ccccc1)C(=O)NCC(=O)O)C(=O)O. The first kappa shape index (κ1) is 24.9. The first-order valence-electron chi connectivity index (χ1n) is 8.86. The molecule has 0 saturated carbocycles. The molecule has 10 nitrogen and oxygen atoms in total. The van der Waals surface area contributed by atoms with Gasteiger partial charge >= 0.3 is 11.9 Å². The Hall–Kier alpha value is -3.18. The maximum atomic E-state index is 12.2. The Labute approximate surface area is 176 Å². The Morgan fingerprint density at radius 3 is 2.37 bits per heavy atom. The molecule has 0 heterocycles. The van der Waals surface area contributed by atoms with E-state index in [1.54, 1.807) is 18.2 Å². The third-order valence-electron chi connectivity index (χ3n) is 3.67. The molecule has 0 unspecified atom stereocenters. The highest BCUT2D eigenvalue weighted by molar-refractivity contribution is 8.14. The van der Waals surface area contributed by atoms with E-state index in [0.29, 0.717) is 0 Å². The van der Waals surface area contributed by atoms with Gasteiger partial charge in [-0.15, -0.1) is 0 Å². The van der Waals surface area contributed by atoms with Gasteiger partial charge in [0, 0.05) is 12.2 Å². The lowest BCUT2D eigenvalue weighted by atomic mass is 10.1. The number of carbonyl (C=O) groups is 5. The van der Waals surface area contributed by atoms with Crippen LogP contribution in [0.2, 0.25) is 0 Å². The summed E-state index contributed by atoms with van der Waals surface area (Å²) in [5, 5.41) is 21.6. The van der Waals surface area contributed by atoms with Gasteiger partial charge in [-0.3, -0.25) is 24.0 Å². The minimum Gasteiger partial charge on any atom is -0.480 e. The first-order chi connectivity index (χ1) is 14.2. The van der Waals surface area contributed by atoms with Crippen molar-refractivity contribution in [2.75, 3.05) is 12.3 Å². The van der Waals surface area contributed by atoms with Crippen LogP contribution in [-0.4, -0.2) is 63.5 Å². The van der Waals surface area contributed by atoms with Crippen LogP contribution in [0.3, 0.4) is 0 Å². The van der Waals surface area contributed by atoms with Crippen molar-refractivity contribution in [1.82, 2.24) is 10.6 Å². The number of amides is 2. The lowest BCUT2D eigenvalue weighted by Gasteiger charge is -2.17. The van der Waals surface area contributed by atoms with Crippen molar-refractivity contribution in [2.45, 2.75) is 24.9 Å². The molecule has 11 heteroatoms. The predicted octanol–water partition coefficient (Wildman–Crippen LogP) is -0.163. The fraction of sp³-hybridized carbons (Fsp3) is 0.316. The van der Waals surface area contributed by atoms with Gasteiger partial charge in [-0.05, 0) is 18.1 Å². The quantitative estimate of drug-likeness (QED) is 0.278. The van der Waals surface area contributed by atoms with Gasteiger partial charge in [-0.1, -0.05) is 48.2 Å². The Kier molecular flexibility index (Phi) is 10.9. The molecule has 0 aromatic heterocycles. The number of carbonyl (C=O) groups excluding carboxylic acids is 3. The molecule has 30 heavy (non-hydrogen) atoms. The zero-order valence-corrected chi connectivity index (χ0v) is 16.8. The van der Waals surface area contributed by atoms with E-state index in [9.17, 15) is 24.0 Å². The van der Waals surface area contributed by atoms with Gasteiger partial charge in [-0.2, -0.15) is 0 Å². The number of aliphatic carboxylic acids is 2. The summed E-state index contributed by atoms with van der Waals surface area (Å²) in [5.41, 5.74) is 6.15. The Morgan fingerprint density at radius 1 is 1.10 bits per heavy atom. The standard InChI is InChI=1S/C19H23N3O7S/c20-13(19(28)29)7-8-15(23)22-14(18(27)21-10-16(24)25)11-30-17(26)9-6-12-4-2-1-3-5-12/h1-6,9,13-14H,7-8,10-11,20H2,(H,21,27)(H,22,23)(H,24,25)(H,28,29)/t13-,14-/m0/s1. The van der Waals surface area contributed by atoms with Crippen LogP contribution in [0.15, 0.2) is 36.4 Å². The van der Waals surface area contributed by atoms with Gasteiger partial charge in [0.05, 0.1) is 0 Å². The summed E-state index contributed by atoms with van der Waals surface area (Å²) in [6.07, 6.45) is 2.53. The van der Waals surface area contributed by atoms with Crippen LogP contribution in [0, 0.1) is 0 Å². The zero-order valence-electron chi connectivity index (χ0n) is 15.9. The molecule has 0 radical (unpaired) electrons. The van der Waals surface area contributed by atoms with Crippen molar-refractivity contribution in [1.29, 1.82) is 0 Å². The van der Waals surface area contributed by atoms with E-state index in [0.717, 1.165) is 17.3 Å². The molecule has 2 amide bonds. The zero-order chi connectivity index (χ0) is 22.5. The van der Waals surface area contributed by atoms with E-state index in [4.69, 9.17) is 15.9 Å². The van der Waals surface area contributed by atoms with E-state index < -0.39 is 42.4 Å². The number of hydrogen-bond acceptors (Lipinski definition) is 7. The molecule has 1 rings (SSSR count). The van der Waals surface area contributed by atoms with Crippen LogP contribution in [0.1, 0.15) is 18.4 Å². The van der Waals surface area contributed by atoms with Crippen LogP contribution in [-0.2, 0) is 24.0 Å². The van der Waals surface area contributed by atoms with E-state index in [2.05, 4.69) is 10.6 Å². The molecule has 0 fully saturated rings. The third kappa shape index (κ3) is 10.4. The maximum absolute atomic E-state index is 12.2. The molecular weight excluding hydrogens is 414 g/mol. The number of hydrogen-bond donors (Lipinski definition) is 5. The maximum Gasteiger partial charge on any atom is 0.322 e. The van der Waals surface area contributed by atoms with Crippen molar-refractivity contribution in [3.05, 3.63) is 42.0 Å². The number of nitrogens with two attached hydrogens (primary N) is 1. The molecule has 0 bridgehead atoms. The minimum absolute atomic E-state index is 0.139. The van der Waals surface area contributed by atoms with Gasteiger partial charge < -0.3 is 26.6 Å². The normalized spacial score (nSPS) is 12.7. The summed E-state index contributed by atoms with van der Waals surface area (Å²) in [4.78, 5) is 57.6. The van der Waals surface area contributed by atoms with E-state index in [1.165, 1.54) is 6.08 Å². The van der Waals surface area contributed by atoms with Crippen molar-refractivity contribution in [2.24, 2.45) is 5.73 Å². The molecule has 1 aromatic rings. The van der Waals surface area contributed by atoms with Crippen LogP contribution < -0.4 is 16.4 Å². The summed E-state index contributed by atoms with van der Waals surface area (Å²) >= 11 is 0.770. The minimum atomic E-state index is -1.27. The number of nitrogens with one attached hydrogen (secondary N) is 2. The summed E-state index contributed by atoms with van der Waals surface area (Å²) in [5.74, 6) is -4.09. The second-order valence-corrected chi connectivity index (χ2v) is 7.11. The molecule has 0 aliphatic carbocycles. The van der Waals surface area contributed by atoms with Gasteiger partial charge in [0.2, 0.25) is 16.9 Å². The van der Waals surface area contributed by atoms with Crippen LogP contribution in [0.5, 0.6) is 0 Å². The number of carboxylic acid groups (broad SMARTS) is 2. The molecule has 1 aromatic carbocycles. The number of benzene rings is 1. The van der Waals surface area contributed by atoms with E-state index in [1.807, 2.05) is 18.2 Å². The Morgan fingerprint density at radius 2 is 1.77 bits per heavy atom. The first-order valence-corrected chi connectivity index (χ1v) is 9.84. The van der Waals surface area contributed by atoms with E-state index >= 15 is 0 Å². The van der Waals surface area contributed by atoms with Crippen LogP contribution >= 0.6 is 11.8 Å². The van der Waals surface area contributed by atoms with Gasteiger partial charge in [0.15, 0.2) is 0 Å². The van der Waals surface area contributed by atoms with Crippen molar-refractivity contribution < 1.29 is 34.2 Å². The fourth-order valence-electron chi connectivity index (χ4n) is 2.09. The molecule has 0 aliphatic rings. The van der Waals surface area contributed by atoms with Gasteiger partial charge in [0.25, 0.3) is 0 Å². The molecule has 2 atom stereocenters. The highest BCUT2D eigenvalue weighted by Gasteiger charge is 2.23. The smallest absolute Gasteiger partial charge is 0.322 e. The molecule has 0 spiro atoms. The lowest BCUT2D eigenvalue weighted by molar-refractivity contribution is -0.139. The summed E-state index contributed by atoms with van der Waals surface area (Å²) in [6.45, 7) is -0.651. The largest absolute Gasteiger partial charge is 0.480 e. The van der Waals surface area contributed by atoms with Crippen LogP contribution in [0.25, 0.3) is 6.08 Å². The summed E-state index contributed by atoms with van der Waals surface area (Å²) < 4.78 is 0. The molecule has 0 saturated heterocycles. The monoisotopic (exact) mass is 437 g/mol. The van der Waals surface area contributed by atoms with Crippen molar-refractivity contribution >= 4 is 46.7 Å². The predicted molar refractivity (Wildman–Crippen MR) is 110 cm³/mol. The van der Waals surface area contributed by atoms with Crippen LogP contribution in [0.4, 0.5) is 0 Å². The highest BCUT2D eigenvalue weighted by atomic mass is 32.2. The summed E-state index contributed by atoms with van der Waals surface area (Å²) in [7, 11) is 0. The van der Waals surface area contributed by atoms with Gasteiger partial charge in [-0.25, -0.2) is 0 Å². The number of rotatable bonds is 12. The molecule has 162 valence electrons. The average Bonchev–Trinajstić information content (AvgIpc) is 2.72. The highest BCUT2D eigenvalue weighted by Crippen LogP contribution is 2.09. The van der Waals surface area contributed by atoms with Gasteiger partial charge in [0.1, 0.15) is 18.6 Å². The Bertz CT molecular complexity index is 799. The van der Waals surface area contributed by atoms with Crippen molar-refractivity contribution in [3.63, 3.8) is 0 Å². The molecule has 0 aliphatic heterocycles. The number of thioether (sulfide) groups is 1. The van der Waals surface area contributed by atoms with Crippen molar-refractivity contribution in [3.8, 4) is 0 Å². The second-order valence-electron chi connectivity index (χ2n) is 6.09.